The summed E-state index contributed by atoms with van der Waals surface area (Å²) in [5.74, 6) is 1.08. The Morgan fingerprint density at radius 3 is 2.53 bits per heavy atom. The Morgan fingerprint density at radius 1 is 1.13 bits per heavy atom. The summed E-state index contributed by atoms with van der Waals surface area (Å²) in [4.78, 5) is 0. The molecule has 1 aliphatic carbocycles. The van der Waals surface area contributed by atoms with Gasteiger partial charge in [0, 0.05) is 0 Å². The Hall–Kier alpha value is 0.799. The van der Waals surface area contributed by atoms with Gasteiger partial charge in [-0.05, 0) is 0 Å². The van der Waals surface area contributed by atoms with E-state index >= 15 is 0 Å². The zero-order valence-corrected chi connectivity index (χ0v) is 13.5. The van der Waals surface area contributed by atoms with Crippen LogP contribution in [0.4, 0.5) is 0 Å². The van der Waals surface area contributed by atoms with Gasteiger partial charge >= 0.3 is 110 Å². The Morgan fingerprint density at radius 2 is 1.87 bits per heavy atom. The first-order valence-electron chi connectivity index (χ1n) is 6.98. The molecule has 1 heteroatoms. The fourth-order valence-electron chi connectivity index (χ4n) is 3.00. The molecule has 0 heterocycles. The van der Waals surface area contributed by atoms with Crippen LogP contribution in [0.25, 0.3) is 0 Å². The molecule has 0 nitrogen and oxygen atoms in total. The number of rotatable bonds is 6. The van der Waals surface area contributed by atoms with Crippen LogP contribution in [-0.4, -0.2) is 22.5 Å². The molecule has 1 aliphatic rings. The van der Waals surface area contributed by atoms with E-state index in [1.807, 2.05) is 22.5 Å². The van der Waals surface area contributed by atoms with E-state index in [1.165, 1.54) is 57.8 Å². The minimum absolute atomic E-state index is 0.788. The van der Waals surface area contributed by atoms with E-state index in [1.54, 1.807) is 6.42 Å². The van der Waals surface area contributed by atoms with Crippen molar-refractivity contribution in [3.8, 4) is 0 Å². The van der Waals surface area contributed by atoms with Crippen molar-refractivity contribution in [2.75, 3.05) is 0 Å². The van der Waals surface area contributed by atoms with E-state index in [4.69, 9.17) is 0 Å². The molecule has 3 radical (unpaired) electrons. The van der Waals surface area contributed by atoms with Crippen molar-refractivity contribution in [2.24, 2.45) is 5.92 Å². The molecule has 0 amide bonds. The van der Waals surface area contributed by atoms with Crippen LogP contribution in [0.2, 0.25) is 3.43 Å². The summed E-state index contributed by atoms with van der Waals surface area (Å²) in [6, 6.07) is 0. The maximum absolute atomic E-state index is 2.34. The number of hydrogen-bond acceptors (Lipinski definition) is 0. The minimum atomic E-state index is 0.788. The summed E-state index contributed by atoms with van der Waals surface area (Å²) in [6.07, 6.45) is 14.8. The molecule has 0 aromatic rings. The van der Waals surface area contributed by atoms with Crippen LogP contribution in [0, 0.1) is 5.92 Å². The molecule has 0 aromatic heterocycles. The topological polar surface area (TPSA) is 0 Å². The van der Waals surface area contributed by atoms with Crippen LogP contribution in [-0.2, 0) is 0 Å². The molecule has 0 saturated heterocycles. The number of hydrogen-bond donors (Lipinski definition) is 0. The van der Waals surface area contributed by atoms with Crippen molar-refractivity contribution >= 4 is 22.5 Å². The van der Waals surface area contributed by atoms with Gasteiger partial charge in [0.15, 0.2) is 0 Å². The summed E-state index contributed by atoms with van der Waals surface area (Å²) in [5.41, 5.74) is 0. The fourth-order valence-corrected chi connectivity index (χ4v) is 4.84. The second-order valence-corrected chi connectivity index (χ2v) is 8.19. The standard InChI is InChI=1S/C14H27.Sn/c1-3-5-9-13-11-7-8-12-14(13)10-6-4-2;/h13H,3-12H2,1-2H3;. The second kappa shape index (κ2) is 7.19. The average molecular weight is 314 g/mol. The van der Waals surface area contributed by atoms with E-state index in [0.717, 1.165) is 9.35 Å². The molecule has 1 saturated carbocycles. The predicted molar refractivity (Wildman–Crippen MR) is 69.5 cm³/mol. The van der Waals surface area contributed by atoms with Gasteiger partial charge < -0.3 is 0 Å². The van der Waals surface area contributed by atoms with Crippen molar-refractivity contribution in [1.82, 2.24) is 0 Å². The third-order valence-electron chi connectivity index (χ3n) is 4.09. The van der Waals surface area contributed by atoms with E-state index in [0.29, 0.717) is 0 Å². The van der Waals surface area contributed by atoms with Gasteiger partial charge in [0.05, 0.1) is 0 Å². The van der Waals surface area contributed by atoms with Gasteiger partial charge in [-0.2, -0.15) is 0 Å². The van der Waals surface area contributed by atoms with Gasteiger partial charge in [-0.1, -0.05) is 0 Å². The van der Waals surface area contributed by atoms with Gasteiger partial charge in [0.2, 0.25) is 0 Å². The van der Waals surface area contributed by atoms with Gasteiger partial charge in [0.25, 0.3) is 0 Å². The molecular weight excluding hydrogens is 287 g/mol. The van der Waals surface area contributed by atoms with Crippen molar-refractivity contribution in [3.05, 3.63) is 0 Å². The second-order valence-electron chi connectivity index (χ2n) is 5.34. The summed E-state index contributed by atoms with van der Waals surface area (Å²) < 4.78 is 0.788. The third-order valence-corrected chi connectivity index (χ3v) is 6.68. The van der Waals surface area contributed by atoms with E-state index < -0.39 is 0 Å². The van der Waals surface area contributed by atoms with Crippen molar-refractivity contribution in [1.29, 1.82) is 0 Å². The van der Waals surface area contributed by atoms with E-state index in [9.17, 15) is 0 Å². The summed E-state index contributed by atoms with van der Waals surface area (Å²) >= 11 is 1.84. The van der Waals surface area contributed by atoms with Crippen molar-refractivity contribution in [3.63, 3.8) is 0 Å². The molecule has 87 valence electrons. The summed E-state index contributed by atoms with van der Waals surface area (Å²) in [6.45, 7) is 4.67. The van der Waals surface area contributed by atoms with Crippen molar-refractivity contribution in [2.45, 2.75) is 81.5 Å². The molecule has 0 N–H and O–H groups in total. The molecule has 1 rings (SSSR count). The first kappa shape index (κ1) is 13.9. The van der Waals surface area contributed by atoms with Gasteiger partial charge in [-0.15, -0.1) is 0 Å². The van der Waals surface area contributed by atoms with Gasteiger partial charge in [-0.3, -0.25) is 0 Å². The fraction of sp³-hybridized carbons (Fsp3) is 1.00. The Labute approximate surface area is 110 Å². The van der Waals surface area contributed by atoms with Gasteiger partial charge in [0.1, 0.15) is 0 Å². The molecule has 2 unspecified atom stereocenters. The summed E-state index contributed by atoms with van der Waals surface area (Å²) in [5, 5.41) is 0. The molecule has 2 atom stereocenters. The van der Waals surface area contributed by atoms with Crippen LogP contribution in [0.3, 0.4) is 0 Å². The molecular formula is C14H27Sn. The first-order chi connectivity index (χ1) is 7.23. The molecule has 1 fully saturated rings. The molecule has 0 aromatic carbocycles. The van der Waals surface area contributed by atoms with Gasteiger partial charge in [-0.25, -0.2) is 0 Å². The maximum atomic E-state index is 2.34. The molecule has 0 spiro atoms. The van der Waals surface area contributed by atoms with Crippen LogP contribution in [0.15, 0.2) is 0 Å². The monoisotopic (exact) mass is 315 g/mol. The quantitative estimate of drug-likeness (QED) is 0.613. The van der Waals surface area contributed by atoms with Crippen molar-refractivity contribution < 1.29 is 0 Å². The van der Waals surface area contributed by atoms with Crippen LogP contribution >= 0.6 is 0 Å². The zero-order chi connectivity index (χ0) is 11.1. The first-order valence-corrected chi connectivity index (χ1v) is 8.40. The zero-order valence-electron chi connectivity index (χ0n) is 10.6. The predicted octanol–water partition coefficient (Wildman–Crippen LogP) is 4.88. The third kappa shape index (κ3) is 4.28. The van der Waals surface area contributed by atoms with E-state index in [2.05, 4.69) is 13.8 Å². The SMILES string of the molecule is CCCCC1CCCC[C]1([Sn])CCCC. The van der Waals surface area contributed by atoms with E-state index in [-0.39, 0.29) is 0 Å². The number of unbranched alkanes of at least 4 members (excludes halogenated alkanes) is 2. The Balaban J connectivity index is 2.46. The molecule has 0 bridgehead atoms. The van der Waals surface area contributed by atoms with Crippen LogP contribution in [0.5, 0.6) is 0 Å². The molecule has 0 aliphatic heterocycles. The normalized spacial score (nSPS) is 31.8. The van der Waals surface area contributed by atoms with Crippen LogP contribution in [0.1, 0.15) is 78.1 Å². The van der Waals surface area contributed by atoms with Crippen LogP contribution < -0.4 is 0 Å². The Bertz CT molecular complexity index is 167. The average Bonchev–Trinajstić information content (AvgIpc) is 2.25. The molecule has 15 heavy (non-hydrogen) atoms. The Kier molecular flexibility index (Phi) is 6.64. The summed E-state index contributed by atoms with van der Waals surface area (Å²) in [7, 11) is 0.